The molecule has 9 nitrogen and oxygen atoms in total. The number of nitrogens with zero attached hydrogens (tertiary/aromatic N) is 2. The molecule has 0 aromatic heterocycles. The minimum atomic E-state index is -0.798. The van der Waals surface area contributed by atoms with Gasteiger partial charge in [-0.25, -0.2) is 4.79 Å². The molecular weight excluding hydrogens is 388 g/mol. The van der Waals surface area contributed by atoms with E-state index in [1.807, 2.05) is 0 Å². The molecule has 28 heavy (non-hydrogen) atoms. The van der Waals surface area contributed by atoms with Crippen molar-refractivity contribution in [3.05, 3.63) is 74.9 Å². The molecule has 0 saturated heterocycles. The van der Waals surface area contributed by atoms with Gasteiger partial charge in [-0.3, -0.25) is 14.9 Å². The van der Waals surface area contributed by atoms with Crippen molar-refractivity contribution in [2.24, 2.45) is 0 Å². The van der Waals surface area contributed by atoms with Crippen LogP contribution in [-0.2, 0) is 9.53 Å². The molecule has 1 amide bonds. The molecule has 2 aromatic rings. The van der Waals surface area contributed by atoms with E-state index in [-0.39, 0.29) is 33.2 Å². The highest BCUT2D eigenvalue weighted by Crippen LogP contribution is 2.27. The molecule has 0 aliphatic heterocycles. The number of halogens is 1. The second-order valence-corrected chi connectivity index (χ2v) is 5.63. The van der Waals surface area contributed by atoms with Crippen LogP contribution in [0.25, 0.3) is 0 Å². The van der Waals surface area contributed by atoms with Crippen molar-refractivity contribution in [2.75, 3.05) is 17.7 Å². The van der Waals surface area contributed by atoms with Crippen molar-refractivity contribution in [1.29, 1.82) is 5.26 Å². The van der Waals surface area contributed by atoms with Gasteiger partial charge >= 0.3 is 5.97 Å². The average molecular weight is 401 g/mol. The minimum Gasteiger partial charge on any atom is -0.465 e. The lowest BCUT2D eigenvalue weighted by Gasteiger charge is -2.09. The summed E-state index contributed by atoms with van der Waals surface area (Å²) in [5, 5.41) is 25.3. The summed E-state index contributed by atoms with van der Waals surface area (Å²) < 4.78 is 4.64. The number of para-hydroxylation sites is 1. The fraction of sp³-hybridized carbons (Fsp3) is 0.0556. The Hall–Kier alpha value is -3.90. The summed E-state index contributed by atoms with van der Waals surface area (Å²) in [4.78, 5) is 34.4. The number of nitro groups is 1. The van der Waals surface area contributed by atoms with Gasteiger partial charge in [-0.2, -0.15) is 5.26 Å². The zero-order valence-corrected chi connectivity index (χ0v) is 15.2. The van der Waals surface area contributed by atoms with Crippen LogP contribution >= 0.6 is 11.6 Å². The zero-order chi connectivity index (χ0) is 20.7. The van der Waals surface area contributed by atoms with E-state index in [2.05, 4.69) is 15.4 Å². The molecule has 0 aliphatic carbocycles. The predicted octanol–water partition coefficient (Wildman–Crippen LogP) is 3.49. The van der Waals surface area contributed by atoms with E-state index in [4.69, 9.17) is 11.6 Å². The third-order valence-corrected chi connectivity index (χ3v) is 3.81. The molecule has 10 heteroatoms. The third-order valence-electron chi connectivity index (χ3n) is 3.48. The predicted molar refractivity (Wildman–Crippen MR) is 102 cm³/mol. The van der Waals surface area contributed by atoms with Crippen molar-refractivity contribution < 1.29 is 19.2 Å². The highest BCUT2D eigenvalue weighted by Gasteiger charge is 2.16. The highest BCUT2D eigenvalue weighted by molar-refractivity contribution is 6.33. The number of non-ortho nitro benzene ring substituents is 1. The lowest BCUT2D eigenvalue weighted by molar-refractivity contribution is -0.384. The zero-order valence-electron chi connectivity index (χ0n) is 14.4. The number of hydrogen-bond donors (Lipinski definition) is 2. The monoisotopic (exact) mass is 400 g/mol. The summed E-state index contributed by atoms with van der Waals surface area (Å²) >= 11 is 5.96. The largest absolute Gasteiger partial charge is 0.465 e. The molecule has 0 aliphatic rings. The van der Waals surface area contributed by atoms with Crippen LogP contribution in [0.4, 0.5) is 17.1 Å². The standard InChI is InChI=1S/C18H13ClN4O5/c1-28-18(25)13-4-2-3-5-15(13)22-17(24)11(9-20)10-21-16-8-12(23(26)27)6-7-14(16)19/h2-8,10,21H,1H3,(H,22,24)/b11-10-. The van der Waals surface area contributed by atoms with Crippen LogP contribution < -0.4 is 10.6 Å². The molecule has 0 atom stereocenters. The van der Waals surface area contributed by atoms with Crippen LogP contribution in [0.15, 0.2) is 54.2 Å². The molecule has 2 N–H and O–H groups in total. The number of nitrogens with one attached hydrogen (secondary N) is 2. The summed E-state index contributed by atoms with van der Waals surface area (Å²) in [6.45, 7) is 0. The number of nitriles is 1. The van der Waals surface area contributed by atoms with Crippen molar-refractivity contribution in [3.63, 3.8) is 0 Å². The van der Waals surface area contributed by atoms with E-state index in [1.165, 1.54) is 31.4 Å². The van der Waals surface area contributed by atoms with E-state index < -0.39 is 16.8 Å². The molecular formula is C18H13ClN4O5. The van der Waals surface area contributed by atoms with Crippen LogP contribution in [0, 0.1) is 21.4 Å². The van der Waals surface area contributed by atoms with Gasteiger partial charge in [-0.15, -0.1) is 0 Å². The Balaban J connectivity index is 2.24. The third kappa shape index (κ3) is 4.84. The number of carbonyl (C=O) groups excluding carboxylic acids is 2. The fourth-order valence-corrected chi connectivity index (χ4v) is 2.28. The van der Waals surface area contributed by atoms with Crippen molar-refractivity contribution >= 4 is 40.5 Å². The van der Waals surface area contributed by atoms with Gasteiger partial charge in [0.2, 0.25) is 0 Å². The van der Waals surface area contributed by atoms with Crippen LogP contribution in [-0.4, -0.2) is 23.9 Å². The van der Waals surface area contributed by atoms with Gasteiger partial charge in [0, 0.05) is 18.3 Å². The Labute approximate surface area is 164 Å². The maximum atomic E-state index is 12.4. The first-order valence-electron chi connectivity index (χ1n) is 7.66. The summed E-state index contributed by atoms with van der Waals surface area (Å²) in [6.07, 6.45) is 1.06. The second kappa shape index (κ2) is 9.16. The molecule has 0 spiro atoms. The summed E-state index contributed by atoms with van der Waals surface area (Å²) in [6, 6.07) is 11.5. The number of benzene rings is 2. The lowest BCUT2D eigenvalue weighted by Crippen LogP contribution is -2.17. The average Bonchev–Trinajstić information content (AvgIpc) is 2.69. The Bertz CT molecular complexity index is 1010. The van der Waals surface area contributed by atoms with Crippen LogP contribution in [0.1, 0.15) is 10.4 Å². The van der Waals surface area contributed by atoms with Crippen LogP contribution in [0.3, 0.4) is 0 Å². The van der Waals surface area contributed by atoms with Crippen molar-refractivity contribution in [1.82, 2.24) is 0 Å². The molecule has 0 radical (unpaired) electrons. The van der Waals surface area contributed by atoms with E-state index in [9.17, 15) is 25.0 Å². The first-order chi connectivity index (χ1) is 13.4. The number of nitro benzene ring substituents is 1. The van der Waals surface area contributed by atoms with Gasteiger partial charge in [0.1, 0.15) is 11.6 Å². The highest BCUT2D eigenvalue weighted by atomic mass is 35.5. The SMILES string of the molecule is COC(=O)c1ccccc1NC(=O)/C(C#N)=C\Nc1cc([N+](=O)[O-])ccc1Cl. The van der Waals surface area contributed by atoms with Crippen LogP contribution in [0.5, 0.6) is 0 Å². The topological polar surface area (TPSA) is 134 Å². The van der Waals surface area contributed by atoms with Crippen molar-refractivity contribution in [3.8, 4) is 6.07 Å². The smallest absolute Gasteiger partial charge is 0.339 e. The Kier molecular flexibility index (Phi) is 6.68. The van der Waals surface area contributed by atoms with Gasteiger partial charge in [0.25, 0.3) is 11.6 Å². The normalized spacial score (nSPS) is 10.5. The summed E-state index contributed by atoms with van der Waals surface area (Å²) in [5.41, 5.74) is -0.136. The number of amides is 1. The quantitative estimate of drug-likeness (QED) is 0.249. The molecule has 2 aromatic carbocycles. The van der Waals surface area contributed by atoms with E-state index in [0.717, 1.165) is 12.3 Å². The molecule has 2 rings (SSSR count). The number of anilines is 2. The fourth-order valence-electron chi connectivity index (χ4n) is 2.11. The molecule has 0 heterocycles. The van der Waals surface area contributed by atoms with Gasteiger partial charge < -0.3 is 15.4 Å². The van der Waals surface area contributed by atoms with E-state index >= 15 is 0 Å². The Morgan fingerprint density at radius 1 is 1.25 bits per heavy atom. The lowest BCUT2D eigenvalue weighted by atomic mass is 10.1. The molecule has 0 fully saturated rings. The van der Waals surface area contributed by atoms with Crippen molar-refractivity contribution in [2.45, 2.75) is 0 Å². The number of hydrogen-bond acceptors (Lipinski definition) is 7. The minimum absolute atomic E-state index is 0.116. The molecule has 0 saturated carbocycles. The number of methoxy groups -OCH3 is 1. The molecule has 0 unspecified atom stereocenters. The Morgan fingerprint density at radius 3 is 2.61 bits per heavy atom. The first-order valence-corrected chi connectivity index (χ1v) is 8.04. The second-order valence-electron chi connectivity index (χ2n) is 5.23. The van der Waals surface area contributed by atoms with Gasteiger partial charge in [0.05, 0.1) is 34.0 Å². The number of carbonyl (C=O) groups is 2. The van der Waals surface area contributed by atoms with Gasteiger partial charge in [-0.1, -0.05) is 23.7 Å². The molecule has 142 valence electrons. The Morgan fingerprint density at radius 2 is 1.96 bits per heavy atom. The number of rotatable bonds is 6. The number of ether oxygens (including phenoxy) is 1. The molecule has 0 bridgehead atoms. The van der Waals surface area contributed by atoms with Crippen LogP contribution in [0.2, 0.25) is 5.02 Å². The first kappa shape index (κ1) is 20.4. The van der Waals surface area contributed by atoms with E-state index in [1.54, 1.807) is 18.2 Å². The van der Waals surface area contributed by atoms with Gasteiger partial charge in [0.15, 0.2) is 0 Å². The summed E-state index contributed by atoms with van der Waals surface area (Å²) in [7, 11) is 1.20. The maximum Gasteiger partial charge on any atom is 0.339 e. The van der Waals surface area contributed by atoms with Gasteiger partial charge in [-0.05, 0) is 18.2 Å². The number of esters is 1. The van der Waals surface area contributed by atoms with E-state index in [0.29, 0.717) is 0 Å². The summed E-state index contributed by atoms with van der Waals surface area (Å²) in [5.74, 6) is -1.45. The maximum absolute atomic E-state index is 12.4.